The highest BCUT2D eigenvalue weighted by molar-refractivity contribution is 5.90. The van der Waals surface area contributed by atoms with Crippen molar-refractivity contribution in [3.8, 4) is 6.07 Å². The first-order chi connectivity index (χ1) is 15.4. The van der Waals surface area contributed by atoms with Crippen molar-refractivity contribution in [2.75, 3.05) is 0 Å². The molecular formula is C24H25N3O5. The first-order valence-electron chi connectivity index (χ1n) is 10.3. The standard InChI is InChI=1S/C24H25N3O5/c1-16(11-12-25)21(23(29)30)26-22(28)20-13-18-9-5-6-10-19(18)14-27(20)24(31)32-15-17-7-3-2-4-8-17/h2-10,16,20-21H,11,13-15H2,1H3,(H,26,28)(H,29,30)/t16-,20+,21+/m1/s1. The molecule has 32 heavy (non-hydrogen) atoms. The fourth-order valence-corrected chi connectivity index (χ4v) is 3.71. The van der Waals surface area contributed by atoms with E-state index in [9.17, 15) is 19.5 Å². The SMILES string of the molecule is C[C@H](CC#N)[C@H](NC(=O)[C@@H]1Cc2ccccc2CN1C(=O)OCc1ccccc1)C(=O)O. The number of amides is 2. The Labute approximate surface area is 186 Å². The molecule has 0 aromatic heterocycles. The number of nitrogens with one attached hydrogen (secondary N) is 1. The minimum Gasteiger partial charge on any atom is -0.480 e. The zero-order valence-electron chi connectivity index (χ0n) is 17.7. The summed E-state index contributed by atoms with van der Waals surface area (Å²) in [5, 5.41) is 21.0. The fraction of sp³-hybridized carbons (Fsp3) is 0.333. The number of aliphatic carboxylic acids is 1. The third-order valence-corrected chi connectivity index (χ3v) is 5.54. The van der Waals surface area contributed by atoms with Crippen molar-refractivity contribution < 1.29 is 24.2 Å². The van der Waals surface area contributed by atoms with Crippen LogP contribution in [-0.4, -0.2) is 40.1 Å². The van der Waals surface area contributed by atoms with Gasteiger partial charge in [0.1, 0.15) is 18.7 Å². The van der Waals surface area contributed by atoms with Crippen molar-refractivity contribution in [3.05, 3.63) is 71.3 Å². The van der Waals surface area contributed by atoms with Crippen molar-refractivity contribution in [2.45, 2.75) is 45.0 Å². The summed E-state index contributed by atoms with van der Waals surface area (Å²) in [5.41, 5.74) is 2.63. The van der Waals surface area contributed by atoms with E-state index in [4.69, 9.17) is 10.00 Å². The number of rotatable bonds is 7. The van der Waals surface area contributed by atoms with Crippen LogP contribution in [-0.2, 0) is 33.9 Å². The van der Waals surface area contributed by atoms with Crippen LogP contribution in [0.1, 0.15) is 30.0 Å². The lowest BCUT2D eigenvalue weighted by atomic mass is 9.93. The van der Waals surface area contributed by atoms with Gasteiger partial charge in [0, 0.05) is 18.8 Å². The van der Waals surface area contributed by atoms with Gasteiger partial charge in [-0.1, -0.05) is 61.5 Å². The Morgan fingerprint density at radius 2 is 1.81 bits per heavy atom. The van der Waals surface area contributed by atoms with Gasteiger partial charge in [0.05, 0.1) is 12.6 Å². The molecular weight excluding hydrogens is 410 g/mol. The molecule has 8 heteroatoms. The van der Waals surface area contributed by atoms with Crippen LogP contribution in [0.2, 0.25) is 0 Å². The topological polar surface area (TPSA) is 120 Å². The molecule has 2 aromatic carbocycles. The van der Waals surface area contributed by atoms with Gasteiger partial charge in [-0.2, -0.15) is 5.26 Å². The number of carboxylic acids is 1. The molecule has 1 aliphatic rings. The molecule has 0 unspecified atom stereocenters. The number of hydrogen-bond acceptors (Lipinski definition) is 5. The van der Waals surface area contributed by atoms with E-state index in [1.807, 2.05) is 60.7 Å². The van der Waals surface area contributed by atoms with Crippen LogP contribution >= 0.6 is 0 Å². The predicted molar refractivity (Wildman–Crippen MR) is 115 cm³/mol. The Kier molecular flexibility index (Phi) is 7.45. The van der Waals surface area contributed by atoms with Crippen LogP contribution < -0.4 is 5.32 Å². The van der Waals surface area contributed by atoms with E-state index >= 15 is 0 Å². The molecule has 0 saturated heterocycles. The molecule has 3 rings (SSSR count). The molecule has 0 spiro atoms. The smallest absolute Gasteiger partial charge is 0.411 e. The highest BCUT2D eigenvalue weighted by Gasteiger charge is 2.38. The van der Waals surface area contributed by atoms with Crippen LogP contribution in [0.15, 0.2) is 54.6 Å². The lowest BCUT2D eigenvalue weighted by Gasteiger charge is -2.36. The van der Waals surface area contributed by atoms with Gasteiger partial charge in [0.25, 0.3) is 0 Å². The summed E-state index contributed by atoms with van der Waals surface area (Å²) in [7, 11) is 0. The van der Waals surface area contributed by atoms with Crippen LogP contribution in [0.25, 0.3) is 0 Å². The first-order valence-corrected chi connectivity index (χ1v) is 10.3. The van der Waals surface area contributed by atoms with Gasteiger partial charge in [-0.25, -0.2) is 9.59 Å². The molecule has 2 N–H and O–H groups in total. The number of benzene rings is 2. The van der Waals surface area contributed by atoms with E-state index in [-0.39, 0.29) is 26.0 Å². The summed E-state index contributed by atoms with van der Waals surface area (Å²) < 4.78 is 5.45. The quantitative estimate of drug-likeness (QED) is 0.690. The lowest BCUT2D eigenvalue weighted by molar-refractivity contribution is -0.144. The summed E-state index contributed by atoms with van der Waals surface area (Å²) in [5.74, 6) is -2.40. The maximum Gasteiger partial charge on any atom is 0.411 e. The number of carbonyl (C=O) groups excluding carboxylic acids is 2. The van der Waals surface area contributed by atoms with Crippen LogP contribution in [0.4, 0.5) is 4.79 Å². The molecule has 0 saturated carbocycles. The number of hydrogen-bond donors (Lipinski definition) is 2. The van der Waals surface area contributed by atoms with Gasteiger partial charge in [-0.15, -0.1) is 0 Å². The predicted octanol–water partition coefficient (Wildman–Crippen LogP) is 2.87. The first kappa shape index (κ1) is 22.8. The summed E-state index contributed by atoms with van der Waals surface area (Å²) in [6, 6.07) is 16.4. The van der Waals surface area contributed by atoms with Gasteiger partial charge >= 0.3 is 12.1 Å². The Bertz CT molecular complexity index is 1020. The van der Waals surface area contributed by atoms with Gasteiger partial charge in [-0.05, 0) is 16.7 Å². The fourth-order valence-electron chi connectivity index (χ4n) is 3.71. The van der Waals surface area contributed by atoms with Crippen molar-refractivity contribution >= 4 is 18.0 Å². The van der Waals surface area contributed by atoms with Gasteiger partial charge in [0.2, 0.25) is 5.91 Å². The second-order valence-electron chi connectivity index (χ2n) is 7.82. The largest absolute Gasteiger partial charge is 0.480 e. The third kappa shape index (κ3) is 5.43. The summed E-state index contributed by atoms with van der Waals surface area (Å²) in [6.45, 7) is 1.82. The van der Waals surface area contributed by atoms with E-state index < -0.39 is 36.0 Å². The monoisotopic (exact) mass is 435 g/mol. The van der Waals surface area contributed by atoms with Crippen molar-refractivity contribution in [1.82, 2.24) is 10.2 Å². The number of ether oxygens (including phenoxy) is 1. The Morgan fingerprint density at radius 1 is 1.16 bits per heavy atom. The minimum atomic E-state index is -1.23. The average Bonchev–Trinajstić information content (AvgIpc) is 2.80. The van der Waals surface area contributed by atoms with Crippen molar-refractivity contribution in [2.24, 2.45) is 5.92 Å². The van der Waals surface area contributed by atoms with E-state index in [2.05, 4.69) is 5.32 Å². The number of carboxylic acid groups (broad SMARTS) is 1. The Balaban J connectivity index is 1.79. The Morgan fingerprint density at radius 3 is 2.47 bits per heavy atom. The average molecular weight is 435 g/mol. The zero-order valence-corrected chi connectivity index (χ0v) is 17.7. The van der Waals surface area contributed by atoms with Gasteiger partial charge in [0.15, 0.2) is 0 Å². The van der Waals surface area contributed by atoms with Crippen molar-refractivity contribution in [1.29, 1.82) is 5.26 Å². The molecule has 0 aliphatic carbocycles. The molecule has 1 heterocycles. The highest BCUT2D eigenvalue weighted by atomic mass is 16.6. The normalized spacial score (nSPS) is 16.8. The molecule has 166 valence electrons. The molecule has 0 fully saturated rings. The molecule has 2 amide bonds. The van der Waals surface area contributed by atoms with E-state index in [1.165, 1.54) is 4.90 Å². The molecule has 8 nitrogen and oxygen atoms in total. The van der Waals surface area contributed by atoms with Crippen LogP contribution in [0.5, 0.6) is 0 Å². The molecule has 1 aliphatic heterocycles. The third-order valence-electron chi connectivity index (χ3n) is 5.54. The number of carbonyl (C=O) groups is 3. The summed E-state index contributed by atoms with van der Waals surface area (Å²) >= 11 is 0. The van der Waals surface area contributed by atoms with E-state index in [0.29, 0.717) is 0 Å². The second kappa shape index (κ2) is 10.4. The molecule has 2 aromatic rings. The summed E-state index contributed by atoms with van der Waals surface area (Å²) in [6.07, 6.45) is -0.435. The number of nitriles is 1. The van der Waals surface area contributed by atoms with Crippen LogP contribution in [0.3, 0.4) is 0 Å². The highest BCUT2D eigenvalue weighted by Crippen LogP contribution is 2.25. The lowest BCUT2D eigenvalue weighted by Crippen LogP contribution is -2.56. The van der Waals surface area contributed by atoms with Crippen molar-refractivity contribution in [3.63, 3.8) is 0 Å². The molecule has 3 atom stereocenters. The number of fused-ring (bicyclic) bond motifs is 1. The second-order valence-corrected chi connectivity index (χ2v) is 7.82. The minimum absolute atomic E-state index is 0.0203. The molecule has 0 bridgehead atoms. The van der Waals surface area contributed by atoms with Gasteiger partial charge in [-0.3, -0.25) is 9.69 Å². The van der Waals surface area contributed by atoms with Gasteiger partial charge < -0.3 is 15.2 Å². The number of nitrogens with zero attached hydrogens (tertiary/aromatic N) is 2. The Hall–Kier alpha value is -3.86. The zero-order chi connectivity index (χ0) is 23.1. The summed E-state index contributed by atoms with van der Waals surface area (Å²) in [4.78, 5) is 39.0. The maximum atomic E-state index is 13.1. The molecule has 0 radical (unpaired) electrons. The van der Waals surface area contributed by atoms with Crippen LogP contribution in [0, 0.1) is 17.2 Å². The van der Waals surface area contributed by atoms with E-state index in [1.54, 1.807) is 6.92 Å². The maximum absolute atomic E-state index is 13.1. The van der Waals surface area contributed by atoms with E-state index in [0.717, 1.165) is 16.7 Å².